The summed E-state index contributed by atoms with van der Waals surface area (Å²) in [5, 5.41) is 29.2. The quantitative estimate of drug-likeness (QED) is 0.403. The van der Waals surface area contributed by atoms with Crippen molar-refractivity contribution >= 4 is 11.8 Å². The second kappa shape index (κ2) is 12.4. The summed E-state index contributed by atoms with van der Waals surface area (Å²) in [5.41, 5.74) is 0. The van der Waals surface area contributed by atoms with Gasteiger partial charge in [-0.15, -0.1) is 0 Å². The lowest BCUT2D eigenvalue weighted by Crippen LogP contribution is -2.22. The predicted molar refractivity (Wildman–Crippen MR) is 102 cm³/mol. The Labute approximate surface area is 158 Å². The third-order valence-electron chi connectivity index (χ3n) is 5.88. The zero-order valence-electron chi connectivity index (χ0n) is 16.5. The van der Waals surface area contributed by atoms with E-state index in [1.807, 2.05) is 0 Å². The molecule has 5 heteroatoms. The highest BCUT2D eigenvalue weighted by Crippen LogP contribution is 2.36. The number of carbonyl (C=O) groups is 2. The van der Waals surface area contributed by atoms with Gasteiger partial charge in [-0.05, 0) is 38.0 Å². The molecule has 2 unspecified atom stereocenters. The van der Waals surface area contributed by atoms with Crippen LogP contribution < -0.4 is 0 Å². The molecular formula is C21H38O5. The number of aliphatic carboxylic acids is 1. The molecule has 1 fully saturated rings. The van der Waals surface area contributed by atoms with Crippen LogP contribution in [0.5, 0.6) is 0 Å². The van der Waals surface area contributed by atoms with Crippen molar-refractivity contribution in [2.75, 3.05) is 0 Å². The summed E-state index contributed by atoms with van der Waals surface area (Å²) < 4.78 is 0. The van der Waals surface area contributed by atoms with Crippen molar-refractivity contribution < 1.29 is 24.9 Å². The molecule has 1 aliphatic rings. The fourth-order valence-electron chi connectivity index (χ4n) is 4.06. The number of rotatable bonds is 14. The first-order valence-electron chi connectivity index (χ1n) is 10.5. The Balaban J connectivity index is 2.32. The lowest BCUT2D eigenvalue weighted by molar-refractivity contribution is -0.141. The average Bonchev–Trinajstić information content (AvgIpc) is 2.85. The van der Waals surface area contributed by atoms with Crippen LogP contribution in [0.3, 0.4) is 0 Å². The van der Waals surface area contributed by atoms with E-state index >= 15 is 0 Å². The molecule has 0 aromatic carbocycles. The van der Waals surface area contributed by atoms with Crippen LogP contribution in [0.25, 0.3) is 0 Å². The molecule has 0 bridgehead atoms. The number of ketones is 1. The zero-order chi connectivity index (χ0) is 19.5. The van der Waals surface area contributed by atoms with Gasteiger partial charge < -0.3 is 15.3 Å². The van der Waals surface area contributed by atoms with Crippen LogP contribution in [-0.2, 0) is 9.59 Å². The standard InChI is InChI=1S/C21H38O5/c1-3-4-6-10-16(22)12-13-18-17(19(23)14-20(18)24)11-8-5-7-9-15(2)21(25)26/h15-18,20,22,24H,3-14H2,1-2H3,(H,25,26)/t15?,16?,17-,18-,20-/m1/s1. The van der Waals surface area contributed by atoms with E-state index in [-0.39, 0.29) is 36.1 Å². The first-order valence-corrected chi connectivity index (χ1v) is 10.5. The molecule has 0 amide bonds. The number of aliphatic hydroxyl groups is 2. The predicted octanol–water partition coefficient (Wildman–Crippen LogP) is 3.95. The van der Waals surface area contributed by atoms with Crippen molar-refractivity contribution in [1.82, 2.24) is 0 Å². The van der Waals surface area contributed by atoms with Crippen LogP contribution in [0.4, 0.5) is 0 Å². The van der Waals surface area contributed by atoms with Crippen molar-refractivity contribution in [2.45, 2.75) is 103 Å². The average molecular weight is 371 g/mol. The Hall–Kier alpha value is -0.940. The van der Waals surface area contributed by atoms with E-state index in [0.717, 1.165) is 51.4 Å². The molecule has 0 radical (unpaired) electrons. The van der Waals surface area contributed by atoms with E-state index in [2.05, 4.69) is 6.92 Å². The summed E-state index contributed by atoms with van der Waals surface area (Å²) in [6, 6.07) is 0. The smallest absolute Gasteiger partial charge is 0.306 e. The van der Waals surface area contributed by atoms with Crippen molar-refractivity contribution in [3.05, 3.63) is 0 Å². The minimum Gasteiger partial charge on any atom is -0.481 e. The Kier molecular flexibility index (Phi) is 11.1. The van der Waals surface area contributed by atoms with Crippen molar-refractivity contribution in [2.24, 2.45) is 17.8 Å². The number of carbonyl (C=O) groups excluding carboxylic acids is 1. The number of carboxylic acid groups (broad SMARTS) is 1. The third-order valence-corrected chi connectivity index (χ3v) is 5.88. The summed E-state index contributed by atoms with van der Waals surface area (Å²) in [6.07, 6.45) is 8.93. The van der Waals surface area contributed by atoms with Crippen LogP contribution in [0, 0.1) is 17.8 Å². The van der Waals surface area contributed by atoms with Crippen molar-refractivity contribution in [3.8, 4) is 0 Å². The Morgan fingerprint density at radius 2 is 1.77 bits per heavy atom. The van der Waals surface area contributed by atoms with Crippen molar-refractivity contribution in [1.29, 1.82) is 0 Å². The van der Waals surface area contributed by atoms with Crippen LogP contribution in [0.1, 0.15) is 90.9 Å². The van der Waals surface area contributed by atoms with Gasteiger partial charge in [0.1, 0.15) is 5.78 Å². The fraction of sp³-hybridized carbons (Fsp3) is 0.905. The largest absolute Gasteiger partial charge is 0.481 e. The van der Waals surface area contributed by atoms with Crippen LogP contribution in [-0.4, -0.2) is 39.3 Å². The molecule has 152 valence electrons. The van der Waals surface area contributed by atoms with Crippen LogP contribution in [0.15, 0.2) is 0 Å². The van der Waals surface area contributed by atoms with Gasteiger partial charge in [0.15, 0.2) is 0 Å². The molecule has 5 nitrogen and oxygen atoms in total. The summed E-state index contributed by atoms with van der Waals surface area (Å²) in [7, 11) is 0. The Morgan fingerprint density at radius 3 is 2.42 bits per heavy atom. The highest BCUT2D eigenvalue weighted by Gasteiger charge is 2.40. The van der Waals surface area contributed by atoms with E-state index in [0.29, 0.717) is 19.3 Å². The lowest BCUT2D eigenvalue weighted by Gasteiger charge is -2.22. The number of hydrogen-bond acceptors (Lipinski definition) is 4. The molecular weight excluding hydrogens is 332 g/mol. The first-order chi connectivity index (χ1) is 12.4. The number of aliphatic hydroxyl groups excluding tert-OH is 2. The van der Waals surface area contributed by atoms with Gasteiger partial charge in [0.05, 0.1) is 18.1 Å². The maximum atomic E-state index is 12.2. The second-order valence-corrected chi connectivity index (χ2v) is 8.11. The van der Waals surface area contributed by atoms with Gasteiger partial charge in [-0.2, -0.15) is 0 Å². The molecule has 0 aliphatic heterocycles. The third kappa shape index (κ3) is 8.17. The first kappa shape index (κ1) is 23.1. The highest BCUT2D eigenvalue weighted by molar-refractivity contribution is 5.84. The molecule has 0 spiro atoms. The van der Waals surface area contributed by atoms with Crippen LogP contribution in [0.2, 0.25) is 0 Å². The van der Waals surface area contributed by atoms with E-state index < -0.39 is 12.1 Å². The van der Waals surface area contributed by atoms with E-state index in [1.165, 1.54) is 0 Å². The molecule has 0 aromatic rings. The van der Waals surface area contributed by atoms with Gasteiger partial charge in [-0.1, -0.05) is 52.4 Å². The Morgan fingerprint density at radius 1 is 1.08 bits per heavy atom. The summed E-state index contributed by atoms with van der Waals surface area (Å²) in [6.45, 7) is 3.86. The van der Waals surface area contributed by atoms with Gasteiger partial charge in [-0.3, -0.25) is 9.59 Å². The normalized spacial score (nSPS) is 25.4. The molecule has 26 heavy (non-hydrogen) atoms. The zero-order valence-corrected chi connectivity index (χ0v) is 16.5. The van der Waals surface area contributed by atoms with E-state index in [9.17, 15) is 19.8 Å². The second-order valence-electron chi connectivity index (χ2n) is 8.11. The maximum absolute atomic E-state index is 12.2. The molecule has 5 atom stereocenters. The summed E-state index contributed by atoms with van der Waals surface area (Å²) in [4.78, 5) is 23.0. The summed E-state index contributed by atoms with van der Waals surface area (Å²) >= 11 is 0. The van der Waals surface area contributed by atoms with Crippen molar-refractivity contribution in [3.63, 3.8) is 0 Å². The van der Waals surface area contributed by atoms with Gasteiger partial charge >= 0.3 is 5.97 Å². The minimum absolute atomic E-state index is 0.0266. The van der Waals surface area contributed by atoms with E-state index in [4.69, 9.17) is 5.11 Å². The van der Waals surface area contributed by atoms with Gasteiger partial charge in [-0.25, -0.2) is 0 Å². The maximum Gasteiger partial charge on any atom is 0.306 e. The molecule has 0 saturated heterocycles. The van der Waals surface area contributed by atoms with E-state index in [1.54, 1.807) is 6.92 Å². The Bertz CT molecular complexity index is 423. The summed E-state index contributed by atoms with van der Waals surface area (Å²) in [5.74, 6) is -1.03. The molecule has 1 rings (SSSR count). The van der Waals surface area contributed by atoms with Gasteiger partial charge in [0.2, 0.25) is 0 Å². The number of Topliss-reactive ketones (excluding diaryl/α,β-unsaturated/α-hetero) is 1. The van der Waals surface area contributed by atoms with Gasteiger partial charge in [0.25, 0.3) is 0 Å². The minimum atomic E-state index is -0.753. The number of carboxylic acids is 1. The molecule has 3 N–H and O–H groups in total. The molecule has 1 aliphatic carbocycles. The van der Waals surface area contributed by atoms with Crippen LogP contribution >= 0.6 is 0 Å². The SMILES string of the molecule is CCCCCC(O)CC[C@H]1[C@H](O)CC(=O)[C@@H]1CCCCCC(C)C(=O)O. The molecule has 0 heterocycles. The number of unbranched alkanes of at least 4 members (excludes halogenated alkanes) is 4. The number of hydrogen-bond donors (Lipinski definition) is 3. The topological polar surface area (TPSA) is 94.8 Å². The lowest BCUT2D eigenvalue weighted by atomic mass is 9.85. The monoisotopic (exact) mass is 370 g/mol. The fourth-order valence-corrected chi connectivity index (χ4v) is 4.06. The molecule has 1 saturated carbocycles. The molecule has 0 aromatic heterocycles. The van der Waals surface area contributed by atoms with Gasteiger partial charge in [0, 0.05) is 12.3 Å². The highest BCUT2D eigenvalue weighted by atomic mass is 16.4.